The summed E-state index contributed by atoms with van der Waals surface area (Å²) in [5.41, 5.74) is 0.119. The molecule has 0 aliphatic carbocycles. The second kappa shape index (κ2) is 6.13. The van der Waals surface area contributed by atoms with Crippen LogP contribution < -0.4 is 5.32 Å². The molecule has 0 saturated carbocycles. The molecule has 20 heavy (non-hydrogen) atoms. The van der Waals surface area contributed by atoms with Crippen molar-refractivity contribution in [3.05, 3.63) is 17.0 Å². The SMILES string of the molecule is CCS(=O)(=O)c1ccc(CNC2CCOCC2(C)C)s1. The summed E-state index contributed by atoms with van der Waals surface area (Å²) in [6, 6.07) is 4.03. The Hall–Kier alpha value is -0.430. The summed E-state index contributed by atoms with van der Waals surface area (Å²) in [4.78, 5) is 1.07. The molecule has 2 rings (SSSR count). The minimum absolute atomic E-state index is 0.119. The van der Waals surface area contributed by atoms with Crippen LogP contribution in [-0.2, 0) is 21.1 Å². The highest BCUT2D eigenvalue weighted by Crippen LogP contribution is 2.28. The number of sulfone groups is 1. The molecule has 0 amide bonds. The highest BCUT2D eigenvalue weighted by atomic mass is 32.2. The average molecular weight is 317 g/mol. The van der Waals surface area contributed by atoms with E-state index in [9.17, 15) is 8.42 Å². The molecule has 0 aromatic carbocycles. The third-order valence-electron chi connectivity index (χ3n) is 3.81. The van der Waals surface area contributed by atoms with Gasteiger partial charge in [-0.2, -0.15) is 0 Å². The van der Waals surface area contributed by atoms with Crippen molar-refractivity contribution in [3.8, 4) is 0 Å². The average Bonchev–Trinajstić information content (AvgIpc) is 2.86. The van der Waals surface area contributed by atoms with Crippen LogP contribution in [0.25, 0.3) is 0 Å². The lowest BCUT2D eigenvalue weighted by Gasteiger charge is -2.38. The van der Waals surface area contributed by atoms with Gasteiger partial charge in [0.05, 0.1) is 12.4 Å². The molecular formula is C14H23NO3S2. The van der Waals surface area contributed by atoms with Crippen LogP contribution in [0.2, 0.25) is 0 Å². The predicted octanol–water partition coefficient (Wildman–Crippen LogP) is 2.45. The molecule has 1 aliphatic rings. The molecule has 0 bridgehead atoms. The lowest BCUT2D eigenvalue weighted by Crippen LogP contribution is -2.48. The van der Waals surface area contributed by atoms with Gasteiger partial charge in [-0.3, -0.25) is 0 Å². The van der Waals surface area contributed by atoms with Gasteiger partial charge in [-0.25, -0.2) is 8.42 Å². The molecule has 6 heteroatoms. The Kier molecular flexibility index (Phi) is 4.89. The minimum Gasteiger partial charge on any atom is -0.381 e. The minimum atomic E-state index is -3.07. The second-order valence-corrected chi connectivity index (χ2v) is 9.56. The standard InChI is InChI=1S/C14H23NO3S2/c1-4-20(16,17)13-6-5-11(19-13)9-15-12-7-8-18-10-14(12,2)3/h5-6,12,15H,4,7-10H2,1-3H3. The van der Waals surface area contributed by atoms with E-state index in [1.807, 2.05) is 6.07 Å². The van der Waals surface area contributed by atoms with Crippen molar-refractivity contribution in [1.82, 2.24) is 5.32 Å². The Morgan fingerprint density at radius 3 is 2.85 bits per heavy atom. The normalized spacial score (nSPS) is 22.9. The van der Waals surface area contributed by atoms with Crippen molar-refractivity contribution < 1.29 is 13.2 Å². The molecule has 2 heterocycles. The topological polar surface area (TPSA) is 55.4 Å². The molecule has 1 unspecified atom stereocenters. The fourth-order valence-corrected chi connectivity index (χ4v) is 4.82. The van der Waals surface area contributed by atoms with Crippen LogP contribution in [0, 0.1) is 5.41 Å². The summed E-state index contributed by atoms with van der Waals surface area (Å²) in [7, 11) is -3.07. The van der Waals surface area contributed by atoms with Crippen molar-refractivity contribution in [2.75, 3.05) is 19.0 Å². The van der Waals surface area contributed by atoms with Gasteiger partial charge in [-0.15, -0.1) is 11.3 Å². The zero-order valence-electron chi connectivity index (χ0n) is 12.3. The largest absolute Gasteiger partial charge is 0.381 e. The lowest BCUT2D eigenvalue weighted by atomic mass is 9.82. The smallest absolute Gasteiger partial charge is 0.187 e. The first-order valence-corrected chi connectivity index (χ1v) is 9.44. The van der Waals surface area contributed by atoms with Crippen molar-refractivity contribution >= 4 is 21.2 Å². The van der Waals surface area contributed by atoms with Gasteiger partial charge >= 0.3 is 0 Å². The van der Waals surface area contributed by atoms with Gasteiger partial charge in [0.1, 0.15) is 4.21 Å². The maximum Gasteiger partial charge on any atom is 0.187 e. The molecule has 0 spiro atoms. The molecule has 0 radical (unpaired) electrons. The number of ether oxygens (including phenoxy) is 1. The Morgan fingerprint density at radius 2 is 2.20 bits per heavy atom. The number of thiophene rings is 1. The Morgan fingerprint density at radius 1 is 1.45 bits per heavy atom. The van der Waals surface area contributed by atoms with Crippen molar-refractivity contribution in [2.24, 2.45) is 5.41 Å². The van der Waals surface area contributed by atoms with Crippen LogP contribution in [0.15, 0.2) is 16.3 Å². The van der Waals surface area contributed by atoms with E-state index in [-0.39, 0.29) is 11.2 Å². The molecule has 114 valence electrons. The Bertz CT molecular complexity index is 549. The molecule has 1 aromatic heterocycles. The van der Waals surface area contributed by atoms with E-state index in [0.717, 1.165) is 31.1 Å². The van der Waals surface area contributed by atoms with Crippen LogP contribution in [0.1, 0.15) is 32.1 Å². The zero-order chi connectivity index (χ0) is 14.8. The van der Waals surface area contributed by atoms with Crippen LogP contribution in [0.5, 0.6) is 0 Å². The van der Waals surface area contributed by atoms with Gasteiger partial charge in [-0.1, -0.05) is 20.8 Å². The fraction of sp³-hybridized carbons (Fsp3) is 0.714. The highest BCUT2D eigenvalue weighted by molar-refractivity contribution is 7.93. The molecule has 1 fully saturated rings. The van der Waals surface area contributed by atoms with E-state index in [4.69, 9.17) is 4.74 Å². The van der Waals surface area contributed by atoms with E-state index in [0.29, 0.717) is 10.3 Å². The summed E-state index contributed by atoms with van der Waals surface area (Å²) in [5, 5.41) is 3.55. The Labute approximate surface area is 125 Å². The molecule has 4 nitrogen and oxygen atoms in total. The van der Waals surface area contributed by atoms with Crippen molar-refractivity contribution in [1.29, 1.82) is 0 Å². The first-order chi connectivity index (χ1) is 9.35. The van der Waals surface area contributed by atoms with Crippen LogP contribution in [0.3, 0.4) is 0 Å². The molecule has 1 N–H and O–H groups in total. The number of hydrogen-bond donors (Lipinski definition) is 1. The first kappa shape index (κ1) is 15.9. The first-order valence-electron chi connectivity index (χ1n) is 6.98. The highest BCUT2D eigenvalue weighted by Gasteiger charge is 2.32. The Balaban J connectivity index is 1.98. The summed E-state index contributed by atoms with van der Waals surface area (Å²) in [6.45, 7) is 8.36. The van der Waals surface area contributed by atoms with E-state index in [1.165, 1.54) is 11.3 Å². The van der Waals surface area contributed by atoms with Gasteiger partial charge in [0.25, 0.3) is 0 Å². The lowest BCUT2D eigenvalue weighted by molar-refractivity contribution is -0.0134. The van der Waals surface area contributed by atoms with Crippen LogP contribution in [0.4, 0.5) is 0 Å². The van der Waals surface area contributed by atoms with Gasteiger partial charge in [0.2, 0.25) is 0 Å². The van der Waals surface area contributed by atoms with Gasteiger partial charge < -0.3 is 10.1 Å². The second-order valence-electron chi connectivity index (χ2n) is 5.89. The molecule has 1 atom stereocenters. The number of hydrogen-bond acceptors (Lipinski definition) is 5. The summed E-state index contributed by atoms with van der Waals surface area (Å²) in [5.74, 6) is 0.160. The fourth-order valence-electron chi connectivity index (χ4n) is 2.39. The monoisotopic (exact) mass is 317 g/mol. The molecule has 1 aliphatic heterocycles. The van der Waals surface area contributed by atoms with Crippen LogP contribution in [-0.4, -0.2) is 33.4 Å². The van der Waals surface area contributed by atoms with E-state index < -0.39 is 9.84 Å². The van der Waals surface area contributed by atoms with Gasteiger partial charge in [0.15, 0.2) is 9.84 Å². The molecule has 1 aromatic rings. The van der Waals surface area contributed by atoms with Gasteiger partial charge in [-0.05, 0) is 18.6 Å². The third-order valence-corrected chi connectivity index (χ3v) is 7.22. The number of nitrogens with one attached hydrogen (secondary N) is 1. The zero-order valence-corrected chi connectivity index (χ0v) is 13.9. The molecule has 1 saturated heterocycles. The van der Waals surface area contributed by atoms with E-state index in [1.54, 1.807) is 13.0 Å². The quantitative estimate of drug-likeness (QED) is 0.906. The third kappa shape index (κ3) is 3.61. The van der Waals surface area contributed by atoms with E-state index >= 15 is 0 Å². The van der Waals surface area contributed by atoms with Crippen LogP contribution >= 0.6 is 11.3 Å². The summed E-state index contributed by atoms with van der Waals surface area (Å²) < 4.78 is 29.6. The maximum absolute atomic E-state index is 11.8. The van der Waals surface area contributed by atoms with Crippen molar-refractivity contribution in [3.63, 3.8) is 0 Å². The van der Waals surface area contributed by atoms with Gasteiger partial charge in [0, 0.05) is 29.5 Å². The molecular weight excluding hydrogens is 294 g/mol. The number of rotatable bonds is 5. The maximum atomic E-state index is 11.8. The van der Waals surface area contributed by atoms with Crippen molar-refractivity contribution in [2.45, 2.75) is 44.0 Å². The summed E-state index contributed by atoms with van der Waals surface area (Å²) >= 11 is 1.37. The predicted molar refractivity (Wildman–Crippen MR) is 81.9 cm³/mol. The summed E-state index contributed by atoms with van der Waals surface area (Å²) in [6.07, 6.45) is 0.999. The van der Waals surface area contributed by atoms with E-state index in [2.05, 4.69) is 19.2 Å².